The predicted octanol–water partition coefficient (Wildman–Crippen LogP) is 4.92. The number of rotatable bonds is 4. The fourth-order valence-corrected chi connectivity index (χ4v) is 3.16. The molecule has 0 aromatic heterocycles. The van der Waals surface area contributed by atoms with Crippen molar-refractivity contribution in [2.75, 3.05) is 13.1 Å². The Balaban J connectivity index is 1.74. The van der Waals surface area contributed by atoms with Crippen LogP contribution in [0.3, 0.4) is 0 Å². The summed E-state index contributed by atoms with van der Waals surface area (Å²) in [5.41, 5.74) is 1.08. The third-order valence-corrected chi connectivity index (χ3v) is 4.52. The van der Waals surface area contributed by atoms with Gasteiger partial charge in [0.05, 0.1) is 5.56 Å². The summed E-state index contributed by atoms with van der Waals surface area (Å²) < 4.78 is 37.9. The van der Waals surface area contributed by atoms with Crippen LogP contribution in [0.5, 0.6) is 0 Å². The molecule has 0 atom stereocenters. The maximum Gasteiger partial charge on any atom is 0.416 e. The summed E-state index contributed by atoms with van der Waals surface area (Å²) in [6.07, 6.45) is -0.729. The van der Waals surface area contributed by atoms with Crippen LogP contribution < -0.4 is 0 Å². The number of hydrogen-bond donors (Lipinski definition) is 0. The monoisotopic (exact) mass is 347 g/mol. The third-order valence-electron chi connectivity index (χ3n) is 4.52. The van der Waals surface area contributed by atoms with E-state index in [9.17, 15) is 18.0 Å². The van der Waals surface area contributed by atoms with Gasteiger partial charge in [0.2, 0.25) is 0 Å². The Morgan fingerprint density at radius 1 is 0.920 bits per heavy atom. The SMILES string of the molecule is O=C(c1ccc(C(F)(F)F)cc1)c1cccc(CN2CCCCC2)c1. The van der Waals surface area contributed by atoms with Crippen molar-refractivity contribution in [1.29, 1.82) is 0 Å². The van der Waals surface area contributed by atoms with Gasteiger partial charge in [-0.05, 0) is 49.7 Å². The molecule has 5 heteroatoms. The number of ketones is 1. The molecule has 25 heavy (non-hydrogen) atoms. The molecule has 3 rings (SSSR count). The second-order valence-electron chi connectivity index (χ2n) is 6.44. The van der Waals surface area contributed by atoms with E-state index in [0.29, 0.717) is 5.56 Å². The fourth-order valence-electron chi connectivity index (χ4n) is 3.16. The zero-order chi connectivity index (χ0) is 17.9. The van der Waals surface area contributed by atoms with Gasteiger partial charge in [-0.25, -0.2) is 0 Å². The Morgan fingerprint density at radius 2 is 1.60 bits per heavy atom. The number of nitrogens with zero attached hydrogens (tertiary/aromatic N) is 1. The van der Waals surface area contributed by atoms with Gasteiger partial charge < -0.3 is 0 Å². The number of carbonyl (C=O) groups excluding carboxylic acids is 1. The number of halogens is 3. The first-order valence-corrected chi connectivity index (χ1v) is 8.47. The van der Waals surface area contributed by atoms with Gasteiger partial charge in [-0.15, -0.1) is 0 Å². The fraction of sp³-hybridized carbons (Fsp3) is 0.350. The van der Waals surface area contributed by atoms with Crippen LogP contribution in [0.15, 0.2) is 48.5 Å². The second-order valence-corrected chi connectivity index (χ2v) is 6.44. The molecule has 0 bridgehead atoms. The van der Waals surface area contributed by atoms with Crippen molar-refractivity contribution < 1.29 is 18.0 Å². The van der Waals surface area contributed by atoms with Crippen molar-refractivity contribution in [2.45, 2.75) is 32.0 Å². The zero-order valence-electron chi connectivity index (χ0n) is 13.9. The van der Waals surface area contributed by atoms with Gasteiger partial charge in [0.25, 0.3) is 0 Å². The van der Waals surface area contributed by atoms with Crippen LogP contribution in [0.2, 0.25) is 0 Å². The largest absolute Gasteiger partial charge is 0.416 e. The van der Waals surface area contributed by atoms with Crippen LogP contribution in [-0.2, 0) is 12.7 Å². The number of likely N-dealkylation sites (tertiary alicyclic amines) is 1. The molecule has 2 aromatic rings. The van der Waals surface area contributed by atoms with Crippen LogP contribution in [0.25, 0.3) is 0 Å². The van der Waals surface area contributed by atoms with Crippen molar-refractivity contribution in [3.63, 3.8) is 0 Å². The minimum absolute atomic E-state index is 0.255. The number of alkyl halides is 3. The molecule has 2 nitrogen and oxygen atoms in total. The Kier molecular flexibility index (Phi) is 5.23. The average molecular weight is 347 g/mol. The third kappa shape index (κ3) is 4.48. The summed E-state index contributed by atoms with van der Waals surface area (Å²) in [6.45, 7) is 2.93. The number of piperidine rings is 1. The predicted molar refractivity (Wildman–Crippen MR) is 90.4 cm³/mol. The van der Waals surface area contributed by atoms with Crippen LogP contribution in [0.4, 0.5) is 13.2 Å². The van der Waals surface area contributed by atoms with E-state index in [1.807, 2.05) is 18.2 Å². The lowest BCUT2D eigenvalue weighted by atomic mass is 10.00. The summed E-state index contributed by atoms with van der Waals surface area (Å²) >= 11 is 0. The molecule has 132 valence electrons. The van der Waals surface area contributed by atoms with Gasteiger partial charge >= 0.3 is 6.18 Å². The van der Waals surface area contributed by atoms with E-state index in [4.69, 9.17) is 0 Å². The highest BCUT2D eigenvalue weighted by Gasteiger charge is 2.30. The molecule has 0 N–H and O–H groups in total. The quantitative estimate of drug-likeness (QED) is 0.732. The Labute approximate surface area is 145 Å². The number of hydrogen-bond acceptors (Lipinski definition) is 2. The average Bonchev–Trinajstić information content (AvgIpc) is 2.61. The Morgan fingerprint density at radius 3 is 2.24 bits per heavy atom. The topological polar surface area (TPSA) is 20.3 Å². The van der Waals surface area contributed by atoms with Gasteiger partial charge in [0.1, 0.15) is 0 Å². The maximum atomic E-state index is 12.6. The van der Waals surface area contributed by atoms with Crippen LogP contribution in [-0.4, -0.2) is 23.8 Å². The molecule has 0 amide bonds. The van der Waals surface area contributed by atoms with Crippen LogP contribution in [0.1, 0.15) is 46.3 Å². The summed E-state index contributed by atoms with van der Waals surface area (Å²) in [7, 11) is 0. The van der Waals surface area contributed by atoms with Gasteiger partial charge in [0, 0.05) is 17.7 Å². The molecule has 1 heterocycles. The number of benzene rings is 2. The molecule has 1 saturated heterocycles. The van der Waals surface area contributed by atoms with Gasteiger partial charge in [-0.1, -0.05) is 36.8 Å². The molecular formula is C20H20F3NO. The second kappa shape index (κ2) is 7.40. The minimum atomic E-state index is -4.39. The van der Waals surface area contributed by atoms with E-state index in [0.717, 1.165) is 37.3 Å². The standard InChI is InChI=1S/C20H20F3NO/c21-20(22,23)18-9-7-16(8-10-18)19(25)17-6-4-5-15(13-17)14-24-11-2-1-3-12-24/h4-10,13H,1-3,11-12,14H2. The van der Waals surface area contributed by atoms with E-state index in [1.54, 1.807) is 6.07 Å². The van der Waals surface area contributed by atoms with E-state index in [-0.39, 0.29) is 11.3 Å². The summed E-state index contributed by atoms with van der Waals surface area (Å²) in [6, 6.07) is 11.7. The molecule has 0 saturated carbocycles. The lowest BCUT2D eigenvalue weighted by Crippen LogP contribution is -2.29. The van der Waals surface area contributed by atoms with Crippen LogP contribution >= 0.6 is 0 Å². The highest BCUT2D eigenvalue weighted by Crippen LogP contribution is 2.29. The first-order chi connectivity index (χ1) is 11.9. The van der Waals surface area contributed by atoms with Crippen molar-refractivity contribution in [3.8, 4) is 0 Å². The highest BCUT2D eigenvalue weighted by atomic mass is 19.4. The number of carbonyl (C=O) groups is 1. The van der Waals surface area contributed by atoms with Gasteiger partial charge in [-0.3, -0.25) is 9.69 Å². The Hall–Kier alpha value is -2.14. The van der Waals surface area contributed by atoms with Crippen molar-refractivity contribution in [3.05, 3.63) is 70.8 Å². The van der Waals surface area contributed by atoms with Gasteiger partial charge in [0.15, 0.2) is 5.78 Å². The molecular weight excluding hydrogens is 327 g/mol. The summed E-state index contributed by atoms with van der Waals surface area (Å²) in [4.78, 5) is 14.9. The maximum absolute atomic E-state index is 12.6. The van der Waals surface area contributed by atoms with Crippen molar-refractivity contribution in [2.24, 2.45) is 0 Å². The zero-order valence-corrected chi connectivity index (χ0v) is 13.9. The molecule has 1 fully saturated rings. The summed E-state index contributed by atoms with van der Waals surface area (Å²) in [5, 5.41) is 0. The first kappa shape index (κ1) is 17.7. The van der Waals surface area contributed by atoms with Gasteiger partial charge in [-0.2, -0.15) is 13.2 Å². The van der Waals surface area contributed by atoms with E-state index in [2.05, 4.69) is 4.90 Å². The first-order valence-electron chi connectivity index (χ1n) is 8.47. The van der Waals surface area contributed by atoms with Crippen molar-refractivity contribution in [1.82, 2.24) is 4.90 Å². The van der Waals surface area contributed by atoms with E-state index in [1.165, 1.54) is 31.4 Å². The normalized spacial score (nSPS) is 16.0. The molecule has 0 aliphatic carbocycles. The highest BCUT2D eigenvalue weighted by molar-refractivity contribution is 6.09. The molecule has 0 spiro atoms. The molecule has 0 radical (unpaired) electrons. The van der Waals surface area contributed by atoms with E-state index >= 15 is 0 Å². The lowest BCUT2D eigenvalue weighted by Gasteiger charge is -2.26. The molecule has 0 unspecified atom stereocenters. The van der Waals surface area contributed by atoms with Crippen LogP contribution in [0, 0.1) is 0 Å². The molecule has 2 aromatic carbocycles. The molecule has 1 aliphatic rings. The van der Waals surface area contributed by atoms with Crippen molar-refractivity contribution >= 4 is 5.78 Å². The smallest absolute Gasteiger partial charge is 0.299 e. The minimum Gasteiger partial charge on any atom is -0.299 e. The summed E-state index contributed by atoms with van der Waals surface area (Å²) in [5.74, 6) is -0.255. The molecule has 1 aliphatic heterocycles. The lowest BCUT2D eigenvalue weighted by molar-refractivity contribution is -0.137. The Bertz CT molecular complexity index is 731. The van der Waals surface area contributed by atoms with E-state index < -0.39 is 11.7 Å².